The van der Waals surface area contributed by atoms with Gasteiger partial charge in [-0.2, -0.15) is 48.3 Å². The normalized spacial score (nSPS) is 17.3. The Morgan fingerprint density at radius 2 is 1.28 bits per heavy atom. The number of carbonyl (C=O) groups is 1. The standard InChI is InChI=1S/C10H10F11NO3/c1-22(2,3-5(23)24)4-6(11,8(14,15)16)25-10(20,21)7(12,13)9(17,18)19/h3-4H2,1-2H3/p+1. The number of halogens is 11. The fraction of sp³-hybridized carbons (Fsp3) is 0.900. The molecule has 1 N–H and O–H groups in total. The molecule has 0 spiro atoms. The second-order valence-corrected chi connectivity index (χ2v) is 5.56. The number of rotatable bonds is 7. The first-order valence-electron chi connectivity index (χ1n) is 5.90. The first-order chi connectivity index (χ1) is 10.6. The van der Waals surface area contributed by atoms with Gasteiger partial charge in [0.2, 0.25) is 0 Å². The first-order valence-corrected chi connectivity index (χ1v) is 5.90. The summed E-state index contributed by atoms with van der Waals surface area (Å²) in [4.78, 5) is 10.4. The molecule has 4 nitrogen and oxygen atoms in total. The molecule has 25 heavy (non-hydrogen) atoms. The summed E-state index contributed by atoms with van der Waals surface area (Å²) < 4.78 is 140. The van der Waals surface area contributed by atoms with E-state index in [2.05, 4.69) is 4.74 Å². The second kappa shape index (κ2) is 6.41. The van der Waals surface area contributed by atoms with Crippen LogP contribution in [0.15, 0.2) is 0 Å². The van der Waals surface area contributed by atoms with Gasteiger partial charge in [0.05, 0.1) is 14.1 Å². The fourth-order valence-electron chi connectivity index (χ4n) is 1.58. The maximum atomic E-state index is 13.9. The number of alkyl halides is 11. The average molecular weight is 402 g/mol. The number of aliphatic carboxylic acids is 1. The maximum absolute atomic E-state index is 13.9. The quantitative estimate of drug-likeness (QED) is 0.526. The highest BCUT2D eigenvalue weighted by atomic mass is 19.4. The summed E-state index contributed by atoms with van der Waals surface area (Å²) in [6.07, 6.45) is -20.5. The van der Waals surface area contributed by atoms with Crippen LogP contribution in [-0.2, 0) is 9.53 Å². The van der Waals surface area contributed by atoms with E-state index in [1.807, 2.05) is 0 Å². The summed E-state index contributed by atoms with van der Waals surface area (Å²) in [6.45, 7) is -3.65. The number of hydrogen-bond acceptors (Lipinski definition) is 2. The Balaban J connectivity index is 5.90. The van der Waals surface area contributed by atoms with Crippen molar-refractivity contribution in [1.29, 1.82) is 0 Å². The molecule has 0 saturated carbocycles. The summed E-state index contributed by atoms with van der Waals surface area (Å²) in [5, 5.41) is 8.44. The van der Waals surface area contributed by atoms with Crippen molar-refractivity contribution in [3.63, 3.8) is 0 Å². The molecule has 0 aliphatic heterocycles. The van der Waals surface area contributed by atoms with Crippen LogP contribution in [0, 0.1) is 0 Å². The third-order valence-corrected chi connectivity index (χ3v) is 2.63. The van der Waals surface area contributed by atoms with Crippen molar-refractivity contribution in [2.24, 2.45) is 0 Å². The second-order valence-electron chi connectivity index (χ2n) is 5.56. The van der Waals surface area contributed by atoms with Crippen molar-refractivity contribution in [2.45, 2.75) is 30.2 Å². The Bertz CT molecular complexity index is 499. The molecule has 0 amide bonds. The number of quaternary nitrogens is 1. The molecular formula is C10H11F11NO3+. The fourth-order valence-corrected chi connectivity index (χ4v) is 1.58. The van der Waals surface area contributed by atoms with Gasteiger partial charge in [-0.15, -0.1) is 0 Å². The Labute approximate surface area is 132 Å². The van der Waals surface area contributed by atoms with Crippen LogP contribution in [0.2, 0.25) is 0 Å². The molecule has 0 saturated heterocycles. The number of nitrogens with zero attached hydrogens (tertiary/aromatic N) is 1. The molecule has 0 aliphatic carbocycles. The molecule has 0 aromatic carbocycles. The van der Waals surface area contributed by atoms with Gasteiger partial charge >= 0.3 is 36.2 Å². The summed E-state index contributed by atoms with van der Waals surface area (Å²) >= 11 is 0. The zero-order valence-corrected chi connectivity index (χ0v) is 12.3. The van der Waals surface area contributed by atoms with E-state index < -0.39 is 53.8 Å². The molecule has 0 radical (unpaired) electrons. The highest BCUT2D eigenvalue weighted by molar-refractivity contribution is 5.67. The van der Waals surface area contributed by atoms with Gasteiger partial charge in [-0.1, -0.05) is 0 Å². The lowest BCUT2D eigenvalue weighted by molar-refractivity contribution is -0.895. The highest BCUT2D eigenvalue weighted by Crippen LogP contribution is 2.51. The number of hydrogen-bond donors (Lipinski definition) is 1. The largest absolute Gasteiger partial charge is 0.477 e. The van der Waals surface area contributed by atoms with E-state index in [0.29, 0.717) is 14.1 Å². The summed E-state index contributed by atoms with van der Waals surface area (Å²) in [7, 11) is 1.13. The molecule has 0 bridgehead atoms. The Morgan fingerprint density at radius 1 is 0.880 bits per heavy atom. The lowest BCUT2D eigenvalue weighted by Crippen LogP contribution is -2.64. The molecule has 0 aromatic rings. The lowest BCUT2D eigenvalue weighted by Gasteiger charge is -2.39. The van der Waals surface area contributed by atoms with Gasteiger partial charge in [-0.25, -0.2) is 4.79 Å². The van der Waals surface area contributed by atoms with Crippen LogP contribution in [-0.4, -0.2) is 73.0 Å². The third kappa shape index (κ3) is 5.29. The SMILES string of the molecule is C[N+](C)(CC(=O)O)CC(F)(OC(F)(F)C(F)(F)C(F)(F)F)C(F)(F)F. The van der Waals surface area contributed by atoms with Gasteiger partial charge in [-0.05, 0) is 0 Å². The van der Waals surface area contributed by atoms with E-state index >= 15 is 0 Å². The predicted octanol–water partition coefficient (Wildman–Crippen LogP) is 3.18. The van der Waals surface area contributed by atoms with Crippen LogP contribution in [0.4, 0.5) is 48.3 Å². The van der Waals surface area contributed by atoms with Crippen LogP contribution in [0.25, 0.3) is 0 Å². The van der Waals surface area contributed by atoms with Crippen LogP contribution in [0.1, 0.15) is 0 Å². The zero-order valence-electron chi connectivity index (χ0n) is 12.3. The van der Waals surface area contributed by atoms with Gasteiger partial charge in [0.1, 0.15) is 6.54 Å². The molecular weight excluding hydrogens is 391 g/mol. The number of carboxylic acids is 1. The monoisotopic (exact) mass is 402 g/mol. The van der Waals surface area contributed by atoms with Crippen LogP contribution >= 0.6 is 0 Å². The van der Waals surface area contributed by atoms with Gasteiger partial charge in [-0.3, -0.25) is 4.74 Å². The molecule has 1 unspecified atom stereocenters. The summed E-state index contributed by atoms with van der Waals surface area (Å²) in [5.41, 5.74) is 0. The molecule has 0 fully saturated rings. The topological polar surface area (TPSA) is 46.5 Å². The van der Waals surface area contributed by atoms with E-state index in [-0.39, 0.29) is 0 Å². The van der Waals surface area contributed by atoms with Gasteiger partial charge in [0, 0.05) is 0 Å². The minimum Gasteiger partial charge on any atom is -0.477 e. The van der Waals surface area contributed by atoms with E-state index in [4.69, 9.17) is 5.11 Å². The van der Waals surface area contributed by atoms with E-state index in [1.165, 1.54) is 0 Å². The maximum Gasteiger partial charge on any atom is 0.462 e. The van der Waals surface area contributed by atoms with Crippen molar-refractivity contribution in [3.8, 4) is 0 Å². The van der Waals surface area contributed by atoms with Crippen LogP contribution in [0.5, 0.6) is 0 Å². The van der Waals surface area contributed by atoms with E-state index in [1.54, 1.807) is 0 Å². The van der Waals surface area contributed by atoms with Crippen molar-refractivity contribution in [1.82, 2.24) is 0 Å². The third-order valence-electron chi connectivity index (χ3n) is 2.63. The Hall–Kier alpha value is -1.38. The first kappa shape index (κ1) is 23.6. The zero-order chi connectivity index (χ0) is 20.7. The van der Waals surface area contributed by atoms with Crippen molar-refractivity contribution in [3.05, 3.63) is 0 Å². The van der Waals surface area contributed by atoms with Crippen molar-refractivity contribution >= 4 is 5.97 Å². The van der Waals surface area contributed by atoms with Crippen LogP contribution in [0.3, 0.4) is 0 Å². The van der Waals surface area contributed by atoms with E-state index in [0.717, 1.165) is 0 Å². The van der Waals surface area contributed by atoms with E-state index in [9.17, 15) is 53.1 Å². The van der Waals surface area contributed by atoms with Gasteiger partial charge in [0.15, 0.2) is 6.54 Å². The van der Waals surface area contributed by atoms with Crippen molar-refractivity contribution in [2.75, 3.05) is 27.2 Å². The molecule has 0 aliphatic rings. The smallest absolute Gasteiger partial charge is 0.462 e. The number of ether oxygens (including phenoxy) is 1. The Kier molecular flexibility index (Phi) is 6.05. The molecule has 0 aromatic heterocycles. The van der Waals surface area contributed by atoms with Gasteiger partial charge in [0.25, 0.3) is 0 Å². The molecule has 150 valence electrons. The Morgan fingerprint density at radius 3 is 1.56 bits per heavy atom. The molecule has 15 heteroatoms. The number of carboxylic acid groups (broad SMARTS) is 1. The summed E-state index contributed by atoms with van der Waals surface area (Å²) in [5.74, 6) is -14.7. The minimum atomic E-state index is -7.15. The van der Waals surface area contributed by atoms with Crippen LogP contribution < -0.4 is 0 Å². The minimum absolute atomic E-state index is 0.567. The summed E-state index contributed by atoms with van der Waals surface area (Å²) in [6, 6.07) is 0. The predicted molar refractivity (Wildman–Crippen MR) is 56.4 cm³/mol. The molecule has 1 atom stereocenters. The molecule has 0 rings (SSSR count). The average Bonchev–Trinajstić information content (AvgIpc) is 2.20. The van der Waals surface area contributed by atoms with Gasteiger partial charge < -0.3 is 9.59 Å². The van der Waals surface area contributed by atoms with Crippen molar-refractivity contribution < 1.29 is 67.4 Å². The molecule has 0 heterocycles. The lowest BCUT2D eigenvalue weighted by atomic mass is 10.2. The number of likely N-dealkylation sites (N-methyl/N-ethyl adjacent to an activating group) is 1. The highest BCUT2D eigenvalue weighted by Gasteiger charge is 2.79.